The molecule has 0 atom stereocenters. The summed E-state index contributed by atoms with van der Waals surface area (Å²) in [6.45, 7) is 7.81. The summed E-state index contributed by atoms with van der Waals surface area (Å²) in [6.07, 6.45) is 4.68. The summed E-state index contributed by atoms with van der Waals surface area (Å²) < 4.78 is 0. The van der Waals surface area contributed by atoms with Crippen LogP contribution in [0.5, 0.6) is 0 Å². The molecular weight excluding hydrogens is 236 g/mol. The van der Waals surface area contributed by atoms with Gasteiger partial charge in [0.2, 0.25) is 0 Å². The number of aromatic nitrogens is 2. The largest absolute Gasteiger partial charge is 0.373 e. The standard InChI is InChI=1S/C15H26N4/c1-5-6-12-18-13(16-4)9-14(19-12)17-10-15(7-8-15)11(2)3/h9,11H,5-8,10H2,1-4H3,(H2,16,17,18,19). The lowest BCUT2D eigenvalue weighted by molar-refractivity contribution is 0.380. The van der Waals surface area contributed by atoms with E-state index in [2.05, 4.69) is 41.4 Å². The average molecular weight is 262 g/mol. The minimum atomic E-state index is 0.496. The summed E-state index contributed by atoms with van der Waals surface area (Å²) in [7, 11) is 1.90. The van der Waals surface area contributed by atoms with Crippen LogP contribution in [0.15, 0.2) is 6.07 Å². The highest BCUT2D eigenvalue weighted by Crippen LogP contribution is 2.51. The second-order valence-corrected chi connectivity index (χ2v) is 5.93. The molecule has 0 radical (unpaired) electrons. The van der Waals surface area contributed by atoms with Crippen molar-refractivity contribution in [3.05, 3.63) is 11.9 Å². The second-order valence-electron chi connectivity index (χ2n) is 5.93. The van der Waals surface area contributed by atoms with Gasteiger partial charge < -0.3 is 10.6 Å². The van der Waals surface area contributed by atoms with E-state index in [4.69, 9.17) is 0 Å². The Bertz CT molecular complexity index is 424. The molecular formula is C15H26N4. The summed E-state index contributed by atoms with van der Waals surface area (Å²) in [5.74, 6) is 3.51. The van der Waals surface area contributed by atoms with Gasteiger partial charge in [-0.3, -0.25) is 0 Å². The lowest BCUT2D eigenvalue weighted by Gasteiger charge is -2.20. The highest BCUT2D eigenvalue weighted by molar-refractivity contribution is 5.47. The third kappa shape index (κ3) is 3.37. The number of anilines is 2. The fourth-order valence-electron chi connectivity index (χ4n) is 2.44. The molecule has 2 N–H and O–H groups in total. The zero-order chi connectivity index (χ0) is 13.9. The molecule has 0 unspecified atom stereocenters. The molecule has 0 bridgehead atoms. The van der Waals surface area contributed by atoms with Gasteiger partial charge in [-0.15, -0.1) is 0 Å². The van der Waals surface area contributed by atoms with Crippen molar-refractivity contribution in [2.75, 3.05) is 24.2 Å². The molecule has 0 aromatic carbocycles. The number of aryl methyl sites for hydroxylation is 1. The first-order chi connectivity index (χ1) is 9.09. The first kappa shape index (κ1) is 14.1. The first-order valence-corrected chi connectivity index (χ1v) is 7.39. The summed E-state index contributed by atoms with van der Waals surface area (Å²) in [5.41, 5.74) is 0.496. The maximum Gasteiger partial charge on any atom is 0.133 e. The van der Waals surface area contributed by atoms with E-state index in [0.29, 0.717) is 5.41 Å². The monoisotopic (exact) mass is 262 g/mol. The maximum absolute atomic E-state index is 4.60. The number of nitrogens with one attached hydrogen (secondary N) is 2. The molecule has 1 aliphatic rings. The highest BCUT2D eigenvalue weighted by atomic mass is 15.1. The quantitative estimate of drug-likeness (QED) is 0.791. The lowest BCUT2D eigenvalue weighted by atomic mass is 9.92. The van der Waals surface area contributed by atoms with E-state index in [1.807, 2.05) is 13.1 Å². The van der Waals surface area contributed by atoms with E-state index in [0.717, 1.165) is 42.8 Å². The van der Waals surface area contributed by atoms with Crippen molar-refractivity contribution in [1.82, 2.24) is 9.97 Å². The minimum Gasteiger partial charge on any atom is -0.373 e. The SMILES string of the molecule is CCCc1nc(NC)cc(NCC2(C(C)C)CC2)n1. The number of hydrogen-bond donors (Lipinski definition) is 2. The molecule has 1 aromatic heterocycles. The van der Waals surface area contributed by atoms with Crippen LogP contribution in [0.3, 0.4) is 0 Å². The summed E-state index contributed by atoms with van der Waals surface area (Å²) in [5, 5.41) is 6.62. The average Bonchev–Trinajstić information content (AvgIpc) is 3.18. The third-order valence-corrected chi connectivity index (χ3v) is 4.24. The van der Waals surface area contributed by atoms with Gasteiger partial charge in [-0.1, -0.05) is 20.8 Å². The van der Waals surface area contributed by atoms with Gasteiger partial charge in [0.15, 0.2) is 0 Å². The van der Waals surface area contributed by atoms with Crippen LogP contribution < -0.4 is 10.6 Å². The molecule has 106 valence electrons. The van der Waals surface area contributed by atoms with Crippen molar-refractivity contribution in [3.63, 3.8) is 0 Å². The molecule has 19 heavy (non-hydrogen) atoms. The van der Waals surface area contributed by atoms with Gasteiger partial charge in [0, 0.05) is 26.1 Å². The van der Waals surface area contributed by atoms with Gasteiger partial charge in [0.25, 0.3) is 0 Å². The van der Waals surface area contributed by atoms with Crippen molar-refractivity contribution in [2.45, 2.75) is 46.5 Å². The minimum absolute atomic E-state index is 0.496. The third-order valence-electron chi connectivity index (χ3n) is 4.24. The molecule has 0 saturated heterocycles. The molecule has 1 heterocycles. The Labute approximate surface area is 116 Å². The smallest absolute Gasteiger partial charge is 0.133 e. The van der Waals surface area contributed by atoms with Gasteiger partial charge in [-0.25, -0.2) is 9.97 Å². The Hall–Kier alpha value is -1.32. The van der Waals surface area contributed by atoms with Crippen molar-refractivity contribution in [1.29, 1.82) is 0 Å². The van der Waals surface area contributed by atoms with Crippen LogP contribution in [0.4, 0.5) is 11.6 Å². The van der Waals surface area contributed by atoms with E-state index in [-0.39, 0.29) is 0 Å². The molecule has 2 rings (SSSR count). The molecule has 0 spiro atoms. The van der Waals surface area contributed by atoms with E-state index < -0.39 is 0 Å². The van der Waals surface area contributed by atoms with Gasteiger partial charge in [0.1, 0.15) is 17.5 Å². The van der Waals surface area contributed by atoms with Crippen molar-refractivity contribution in [2.24, 2.45) is 11.3 Å². The molecule has 4 nitrogen and oxygen atoms in total. The van der Waals surface area contributed by atoms with Crippen LogP contribution in [0.25, 0.3) is 0 Å². The van der Waals surface area contributed by atoms with Crippen LogP contribution in [-0.2, 0) is 6.42 Å². The zero-order valence-corrected chi connectivity index (χ0v) is 12.6. The molecule has 1 aliphatic carbocycles. The second kappa shape index (κ2) is 5.76. The highest BCUT2D eigenvalue weighted by Gasteiger charge is 2.44. The van der Waals surface area contributed by atoms with E-state index in [1.165, 1.54) is 12.8 Å². The molecule has 1 saturated carbocycles. The summed E-state index contributed by atoms with van der Waals surface area (Å²) in [4.78, 5) is 9.07. The normalized spacial score (nSPS) is 16.5. The fraction of sp³-hybridized carbons (Fsp3) is 0.733. The number of hydrogen-bond acceptors (Lipinski definition) is 4. The van der Waals surface area contributed by atoms with Gasteiger partial charge in [0.05, 0.1) is 0 Å². The lowest BCUT2D eigenvalue weighted by Crippen LogP contribution is -2.21. The summed E-state index contributed by atoms with van der Waals surface area (Å²) in [6, 6.07) is 2.00. The Balaban J connectivity index is 2.05. The predicted octanol–water partition coefficient (Wildman–Crippen LogP) is 3.32. The maximum atomic E-state index is 4.60. The van der Waals surface area contributed by atoms with Gasteiger partial charge in [-0.2, -0.15) is 0 Å². The van der Waals surface area contributed by atoms with Crippen LogP contribution in [-0.4, -0.2) is 23.6 Å². The zero-order valence-electron chi connectivity index (χ0n) is 12.6. The predicted molar refractivity (Wildman–Crippen MR) is 80.6 cm³/mol. The van der Waals surface area contributed by atoms with Gasteiger partial charge in [-0.05, 0) is 30.6 Å². The fourth-order valence-corrected chi connectivity index (χ4v) is 2.44. The van der Waals surface area contributed by atoms with Crippen molar-refractivity contribution in [3.8, 4) is 0 Å². The Morgan fingerprint density at radius 2 is 1.95 bits per heavy atom. The van der Waals surface area contributed by atoms with E-state index >= 15 is 0 Å². The van der Waals surface area contributed by atoms with Gasteiger partial charge >= 0.3 is 0 Å². The number of nitrogens with zero attached hydrogens (tertiary/aromatic N) is 2. The van der Waals surface area contributed by atoms with Crippen molar-refractivity contribution < 1.29 is 0 Å². The summed E-state index contributed by atoms with van der Waals surface area (Å²) >= 11 is 0. The Morgan fingerprint density at radius 3 is 2.47 bits per heavy atom. The Kier molecular flexibility index (Phi) is 4.27. The van der Waals surface area contributed by atoms with Crippen molar-refractivity contribution >= 4 is 11.6 Å². The molecule has 1 aromatic rings. The Morgan fingerprint density at radius 1 is 1.26 bits per heavy atom. The number of rotatable bonds is 7. The van der Waals surface area contributed by atoms with E-state index in [1.54, 1.807) is 0 Å². The molecule has 0 aliphatic heterocycles. The van der Waals surface area contributed by atoms with Crippen LogP contribution in [0.1, 0.15) is 45.9 Å². The van der Waals surface area contributed by atoms with E-state index in [9.17, 15) is 0 Å². The molecule has 4 heteroatoms. The molecule has 1 fully saturated rings. The van der Waals surface area contributed by atoms with Crippen LogP contribution in [0.2, 0.25) is 0 Å². The molecule has 0 amide bonds. The van der Waals surface area contributed by atoms with Crippen LogP contribution in [0, 0.1) is 11.3 Å². The topological polar surface area (TPSA) is 49.8 Å². The first-order valence-electron chi connectivity index (χ1n) is 7.39. The van der Waals surface area contributed by atoms with Crippen LogP contribution >= 0.6 is 0 Å².